The van der Waals surface area contributed by atoms with Gasteiger partial charge in [-0.3, -0.25) is 9.59 Å². The second-order valence-electron chi connectivity index (χ2n) is 5.40. The summed E-state index contributed by atoms with van der Waals surface area (Å²) in [6.45, 7) is 0. The van der Waals surface area contributed by atoms with E-state index in [0.717, 1.165) is 24.8 Å². The van der Waals surface area contributed by atoms with Crippen molar-refractivity contribution < 1.29 is 18.7 Å². The van der Waals surface area contributed by atoms with Gasteiger partial charge in [0.25, 0.3) is 0 Å². The van der Waals surface area contributed by atoms with Gasteiger partial charge in [0.05, 0.1) is 13.5 Å². The topological polar surface area (TPSA) is 55.4 Å². The van der Waals surface area contributed by atoms with Crippen molar-refractivity contribution in [3.63, 3.8) is 0 Å². The normalized spacial score (nSPS) is 21.0. The number of halogens is 1. The van der Waals surface area contributed by atoms with E-state index in [4.69, 9.17) is 0 Å². The van der Waals surface area contributed by atoms with E-state index in [9.17, 15) is 14.0 Å². The Kier molecular flexibility index (Phi) is 5.31. The van der Waals surface area contributed by atoms with Gasteiger partial charge >= 0.3 is 5.97 Å². The molecule has 2 rings (SSSR count). The van der Waals surface area contributed by atoms with Crippen LogP contribution in [0.15, 0.2) is 24.3 Å². The van der Waals surface area contributed by atoms with Gasteiger partial charge in [0.15, 0.2) is 0 Å². The molecule has 2 atom stereocenters. The Morgan fingerprint density at radius 3 is 2.62 bits per heavy atom. The van der Waals surface area contributed by atoms with Crippen molar-refractivity contribution in [1.29, 1.82) is 0 Å². The van der Waals surface area contributed by atoms with Gasteiger partial charge in [-0.25, -0.2) is 4.39 Å². The highest BCUT2D eigenvalue weighted by molar-refractivity contribution is 5.81. The van der Waals surface area contributed by atoms with E-state index in [1.807, 2.05) is 0 Å². The second-order valence-corrected chi connectivity index (χ2v) is 5.40. The minimum absolute atomic E-state index is 0.108. The van der Waals surface area contributed by atoms with E-state index in [1.165, 1.54) is 19.2 Å². The monoisotopic (exact) mass is 293 g/mol. The van der Waals surface area contributed by atoms with Crippen molar-refractivity contribution in [3.05, 3.63) is 35.6 Å². The van der Waals surface area contributed by atoms with Gasteiger partial charge in [0.2, 0.25) is 5.91 Å². The highest BCUT2D eigenvalue weighted by Crippen LogP contribution is 2.34. The van der Waals surface area contributed by atoms with Gasteiger partial charge in [-0.15, -0.1) is 0 Å². The molecular weight excluding hydrogens is 273 g/mol. The fraction of sp³-hybridized carbons (Fsp3) is 0.500. The van der Waals surface area contributed by atoms with Crippen molar-refractivity contribution in [3.8, 4) is 0 Å². The predicted molar refractivity (Wildman–Crippen MR) is 76.2 cm³/mol. The third-order valence-electron chi connectivity index (χ3n) is 3.92. The first-order valence-corrected chi connectivity index (χ1v) is 7.20. The summed E-state index contributed by atoms with van der Waals surface area (Å²) in [6.07, 6.45) is 3.01. The van der Waals surface area contributed by atoms with Crippen LogP contribution in [-0.2, 0) is 14.3 Å². The molecule has 1 saturated carbocycles. The van der Waals surface area contributed by atoms with Crippen LogP contribution < -0.4 is 5.32 Å². The maximum absolute atomic E-state index is 12.9. The maximum Gasteiger partial charge on any atom is 0.306 e. The first-order valence-electron chi connectivity index (χ1n) is 7.20. The number of esters is 1. The van der Waals surface area contributed by atoms with Crippen LogP contribution in [0.5, 0.6) is 0 Å². The van der Waals surface area contributed by atoms with E-state index < -0.39 is 0 Å². The Morgan fingerprint density at radius 2 is 1.95 bits per heavy atom. The van der Waals surface area contributed by atoms with Gasteiger partial charge in [-0.05, 0) is 42.9 Å². The number of carbonyl (C=O) groups excluding carboxylic acids is 2. The van der Waals surface area contributed by atoms with Crippen LogP contribution in [0, 0.1) is 5.82 Å². The summed E-state index contributed by atoms with van der Waals surface area (Å²) in [6, 6.07) is 6.68. The molecule has 21 heavy (non-hydrogen) atoms. The minimum Gasteiger partial charge on any atom is -0.469 e. The van der Waals surface area contributed by atoms with Crippen molar-refractivity contribution in [1.82, 2.24) is 5.32 Å². The number of rotatable bonds is 5. The summed E-state index contributed by atoms with van der Waals surface area (Å²) < 4.78 is 17.4. The maximum atomic E-state index is 12.9. The predicted octanol–water partition coefficient (Wildman–Crippen LogP) is 2.53. The van der Waals surface area contributed by atoms with E-state index in [-0.39, 0.29) is 36.6 Å². The second kappa shape index (κ2) is 7.20. The van der Waals surface area contributed by atoms with Crippen molar-refractivity contribution in [2.45, 2.75) is 44.1 Å². The number of benzene rings is 1. The molecule has 1 amide bonds. The molecule has 4 nitrogen and oxygen atoms in total. The molecule has 0 radical (unpaired) electrons. The molecule has 1 N–H and O–H groups in total. The fourth-order valence-electron chi connectivity index (χ4n) is 2.77. The summed E-state index contributed by atoms with van der Waals surface area (Å²) in [5.74, 6) is -0.369. The van der Waals surface area contributed by atoms with Crippen LogP contribution in [0.3, 0.4) is 0 Å². The van der Waals surface area contributed by atoms with Gasteiger partial charge in [-0.2, -0.15) is 0 Å². The Hall–Kier alpha value is -1.91. The number of nitrogens with one attached hydrogen (secondary N) is 1. The number of methoxy groups -OCH3 is 1. The van der Waals surface area contributed by atoms with Crippen LogP contribution in [0.25, 0.3) is 0 Å². The Bertz CT molecular complexity index is 501. The number of amides is 1. The summed E-state index contributed by atoms with van der Waals surface area (Å²) >= 11 is 0. The van der Waals surface area contributed by atoms with Crippen LogP contribution in [0.4, 0.5) is 4.39 Å². The van der Waals surface area contributed by atoms with E-state index >= 15 is 0 Å². The highest BCUT2D eigenvalue weighted by Gasteiger charge is 2.27. The van der Waals surface area contributed by atoms with Crippen molar-refractivity contribution in [2.24, 2.45) is 0 Å². The fourth-order valence-corrected chi connectivity index (χ4v) is 2.77. The first kappa shape index (κ1) is 15.5. The molecule has 0 aliphatic heterocycles. The molecule has 0 saturated heterocycles. The molecule has 0 bridgehead atoms. The Balaban J connectivity index is 1.78. The molecular formula is C16H20FNO3. The van der Waals surface area contributed by atoms with Gasteiger partial charge in [-0.1, -0.05) is 12.1 Å². The van der Waals surface area contributed by atoms with Crippen LogP contribution in [0.1, 0.15) is 43.6 Å². The van der Waals surface area contributed by atoms with E-state index in [0.29, 0.717) is 5.92 Å². The standard InChI is InChI=1S/C16H20FNO3/c1-21-16(20)9-8-15(19)18-14-7-4-12(10-14)11-2-5-13(17)6-3-11/h2-3,5-6,12,14H,4,7-10H2,1H3,(H,18,19). The lowest BCUT2D eigenvalue weighted by molar-refractivity contribution is -0.142. The number of ether oxygens (including phenoxy) is 1. The Morgan fingerprint density at radius 1 is 1.24 bits per heavy atom. The van der Waals surface area contributed by atoms with Gasteiger partial charge in [0.1, 0.15) is 5.82 Å². The summed E-state index contributed by atoms with van der Waals surface area (Å²) in [7, 11) is 1.31. The highest BCUT2D eigenvalue weighted by atomic mass is 19.1. The molecule has 114 valence electrons. The minimum atomic E-state index is -0.374. The summed E-state index contributed by atoms with van der Waals surface area (Å²) in [5.41, 5.74) is 1.11. The molecule has 0 spiro atoms. The van der Waals surface area contributed by atoms with Crippen molar-refractivity contribution >= 4 is 11.9 Å². The SMILES string of the molecule is COC(=O)CCC(=O)NC1CCC(c2ccc(F)cc2)C1. The molecule has 1 aliphatic carbocycles. The quantitative estimate of drug-likeness (QED) is 0.849. The number of carbonyl (C=O) groups is 2. The molecule has 1 aromatic rings. The molecule has 1 aromatic carbocycles. The van der Waals surface area contributed by atoms with Gasteiger partial charge < -0.3 is 10.1 Å². The largest absolute Gasteiger partial charge is 0.469 e. The number of hydrogen-bond acceptors (Lipinski definition) is 3. The van der Waals surface area contributed by atoms with E-state index in [1.54, 1.807) is 12.1 Å². The van der Waals surface area contributed by atoms with Crippen LogP contribution in [-0.4, -0.2) is 25.0 Å². The zero-order valence-corrected chi connectivity index (χ0v) is 12.1. The third-order valence-corrected chi connectivity index (χ3v) is 3.92. The molecule has 1 aliphatic rings. The van der Waals surface area contributed by atoms with Crippen LogP contribution >= 0.6 is 0 Å². The molecule has 0 aromatic heterocycles. The molecule has 5 heteroatoms. The first-order chi connectivity index (χ1) is 10.1. The van der Waals surface area contributed by atoms with E-state index in [2.05, 4.69) is 10.1 Å². The molecule has 2 unspecified atom stereocenters. The van der Waals surface area contributed by atoms with Crippen molar-refractivity contribution in [2.75, 3.05) is 7.11 Å². The lowest BCUT2D eigenvalue weighted by Gasteiger charge is -2.13. The zero-order valence-electron chi connectivity index (χ0n) is 12.1. The zero-order chi connectivity index (χ0) is 15.2. The summed E-state index contributed by atoms with van der Waals surface area (Å²) in [5, 5.41) is 2.95. The third kappa shape index (κ3) is 4.55. The average Bonchev–Trinajstić information content (AvgIpc) is 2.94. The molecule has 1 fully saturated rings. The lowest BCUT2D eigenvalue weighted by Crippen LogP contribution is -2.33. The number of hydrogen-bond donors (Lipinski definition) is 1. The molecule has 0 heterocycles. The average molecular weight is 293 g/mol. The van der Waals surface area contributed by atoms with Gasteiger partial charge in [0, 0.05) is 12.5 Å². The Labute approximate surface area is 123 Å². The lowest BCUT2D eigenvalue weighted by atomic mass is 9.97. The van der Waals surface area contributed by atoms with Crippen LogP contribution in [0.2, 0.25) is 0 Å². The summed E-state index contributed by atoms with van der Waals surface area (Å²) in [4.78, 5) is 22.7. The smallest absolute Gasteiger partial charge is 0.306 e.